The van der Waals surface area contributed by atoms with Crippen molar-refractivity contribution in [2.24, 2.45) is 0 Å². The molecule has 0 atom stereocenters. The lowest BCUT2D eigenvalue weighted by molar-refractivity contribution is -0.134. The molecule has 0 saturated heterocycles. The summed E-state index contributed by atoms with van der Waals surface area (Å²) in [5.74, 6) is -0.166. The zero-order valence-electron chi connectivity index (χ0n) is 14.1. The van der Waals surface area contributed by atoms with Crippen molar-refractivity contribution in [2.75, 3.05) is 20.6 Å². The minimum atomic E-state index is -0.351. The number of halogens is 1. The summed E-state index contributed by atoms with van der Waals surface area (Å²) in [4.78, 5) is 16.7. The van der Waals surface area contributed by atoms with Gasteiger partial charge in [-0.2, -0.15) is 4.39 Å². The number of unbranched alkanes of at least 4 members (excludes halogenated alkanes) is 2. The van der Waals surface area contributed by atoms with Crippen molar-refractivity contribution in [1.82, 2.24) is 9.88 Å². The first-order valence-corrected chi connectivity index (χ1v) is 8.17. The molecule has 4 nitrogen and oxygen atoms in total. The number of nitrogens with zero attached hydrogens (tertiary/aromatic N) is 1. The number of H-pyrrole nitrogens is 1. The molecule has 2 rings (SSSR count). The number of rotatable bonds is 8. The number of hydrogen-bond donors (Lipinski definition) is 1. The molecule has 2 aromatic rings. The van der Waals surface area contributed by atoms with Crippen LogP contribution in [0.3, 0.4) is 0 Å². The van der Waals surface area contributed by atoms with Crippen LogP contribution < -0.4 is 4.74 Å². The lowest BCUT2D eigenvalue weighted by Gasteiger charge is -2.10. The fourth-order valence-corrected chi connectivity index (χ4v) is 2.60. The molecule has 0 aliphatic heterocycles. The van der Waals surface area contributed by atoms with E-state index in [1.54, 1.807) is 18.2 Å². The molecule has 0 aliphatic rings. The molecule has 1 aromatic carbocycles. The molecule has 0 amide bonds. The van der Waals surface area contributed by atoms with Gasteiger partial charge in [-0.1, -0.05) is 25.8 Å². The van der Waals surface area contributed by atoms with Gasteiger partial charge in [-0.15, -0.1) is 0 Å². The van der Waals surface area contributed by atoms with Gasteiger partial charge in [-0.25, -0.2) is 0 Å². The average Bonchev–Trinajstić information content (AvgIpc) is 2.82. The van der Waals surface area contributed by atoms with Crippen molar-refractivity contribution >= 4 is 16.9 Å². The van der Waals surface area contributed by atoms with Crippen LogP contribution in [0.1, 0.15) is 38.2 Å². The number of ether oxygens (including phenoxy) is 1. The van der Waals surface area contributed by atoms with Gasteiger partial charge < -0.3 is 14.6 Å². The molecule has 1 N–H and O–H groups in total. The smallest absolute Gasteiger partial charge is 0.311 e. The van der Waals surface area contributed by atoms with Crippen LogP contribution in [-0.2, 0) is 11.2 Å². The Balaban J connectivity index is 2.23. The van der Waals surface area contributed by atoms with Crippen LogP contribution in [0.4, 0.5) is 4.39 Å². The Hall–Kier alpha value is -1.88. The number of nitrogens with one attached hydrogen (secondary N) is 1. The Morgan fingerprint density at radius 3 is 2.78 bits per heavy atom. The molecule has 1 aromatic heterocycles. The number of fused-ring (bicyclic) bond motifs is 1. The van der Waals surface area contributed by atoms with E-state index >= 15 is 0 Å². The summed E-state index contributed by atoms with van der Waals surface area (Å²) in [6, 6.07) is 5.29. The molecular formula is C18H25FN2O2. The molecule has 126 valence electrons. The maximum atomic E-state index is 14.2. The Labute approximate surface area is 136 Å². The van der Waals surface area contributed by atoms with Gasteiger partial charge in [0.25, 0.3) is 0 Å². The van der Waals surface area contributed by atoms with E-state index < -0.39 is 0 Å². The maximum absolute atomic E-state index is 14.2. The molecule has 1 heterocycles. The lowest BCUT2D eigenvalue weighted by Crippen LogP contribution is -2.15. The molecular weight excluding hydrogens is 295 g/mol. The molecule has 23 heavy (non-hydrogen) atoms. The van der Waals surface area contributed by atoms with Crippen molar-refractivity contribution in [1.29, 1.82) is 0 Å². The summed E-state index contributed by atoms with van der Waals surface area (Å²) in [7, 11) is 3.89. The second-order valence-electron chi connectivity index (χ2n) is 6.08. The summed E-state index contributed by atoms with van der Waals surface area (Å²) < 4.78 is 19.7. The third-order valence-electron chi connectivity index (χ3n) is 3.85. The van der Waals surface area contributed by atoms with Crippen molar-refractivity contribution in [2.45, 2.75) is 39.0 Å². The SMILES string of the molecule is CCCCCC(=O)Oc1cccc2[nH]c(F)c(CCN(C)C)c12. The standard InChI is InChI=1S/C18H25FN2O2/c1-4-5-6-10-16(22)23-15-9-7-8-14-17(15)13(18(19)20-14)11-12-21(2)3/h7-9,20H,4-6,10-12H2,1-3H3. The van der Waals surface area contributed by atoms with Gasteiger partial charge in [-0.05, 0) is 39.1 Å². The molecule has 0 aliphatic carbocycles. The third kappa shape index (κ3) is 4.55. The second kappa shape index (κ2) is 8.11. The van der Waals surface area contributed by atoms with Gasteiger partial charge in [0, 0.05) is 23.9 Å². The molecule has 0 bridgehead atoms. The van der Waals surface area contributed by atoms with Gasteiger partial charge >= 0.3 is 5.97 Å². The Kier molecular flexibility index (Phi) is 6.16. The molecule has 0 saturated carbocycles. The highest BCUT2D eigenvalue weighted by atomic mass is 19.1. The molecule has 0 radical (unpaired) electrons. The largest absolute Gasteiger partial charge is 0.426 e. The van der Waals surface area contributed by atoms with Gasteiger partial charge in [0.15, 0.2) is 5.95 Å². The quantitative estimate of drug-likeness (QED) is 0.456. The number of hydrogen-bond acceptors (Lipinski definition) is 3. The highest BCUT2D eigenvalue weighted by molar-refractivity contribution is 5.91. The molecule has 0 unspecified atom stereocenters. The molecule has 0 fully saturated rings. The van der Waals surface area contributed by atoms with Crippen LogP contribution >= 0.6 is 0 Å². The van der Waals surface area contributed by atoms with Crippen molar-refractivity contribution < 1.29 is 13.9 Å². The van der Waals surface area contributed by atoms with E-state index in [0.29, 0.717) is 35.1 Å². The minimum absolute atomic E-state index is 0.258. The summed E-state index contributed by atoms with van der Waals surface area (Å²) >= 11 is 0. The maximum Gasteiger partial charge on any atom is 0.311 e. The molecule has 5 heteroatoms. The first-order chi connectivity index (χ1) is 11.0. The van der Waals surface area contributed by atoms with E-state index in [-0.39, 0.29) is 11.9 Å². The Morgan fingerprint density at radius 1 is 1.30 bits per heavy atom. The molecule has 0 spiro atoms. The first kappa shape index (κ1) is 17.5. The third-order valence-corrected chi connectivity index (χ3v) is 3.85. The highest BCUT2D eigenvalue weighted by Crippen LogP contribution is 2.31. The predicted molar refractivity (Wildman–Crippen MR) is 90.3 cm³/mol. The summed E-state index contributed by atoms with van der Waals surface area (Å²) in [5.41, 5.74) is 1.24. The second-order valence-corrected chi connectivity index (χ2v) is 6.08. The first-order valence-electron chi connectivity index (χ1n) is 8.17. The van der Waals surface area contributed by atoms with E-state index in [0.717, 1.165) is 25.8 Å². The summed E-state index contributed by atoms with van der Waals surface area (Å²) in [6.07, 6.45) is 3.83. The van der Waals surface area contributed by atoms with Crippen LogP contribution in [0.5, 0.6) is 5.75 Å². The fourth-order valence-electron chi connectivity index (χ4n) is 2.60. The number of likely N-dealkylation sites (N-methyl/N-ethyl adjacent to an activating group) is 1. The van der Waals surface area contributed by atoms with Crippen molar-refractivity contribution in [3.63, 3.8) is 0 Å². The fraction of sp³-hybridized carbons (Fsp3) is 0.500. The van der Waals surface area contributed by atoms with Gasteiger partial charge in [0.2, 0.25) is 0 Å². The van der Waals surface area contributed by atoms with E-state index in [1.807, 2.05) is 19.0 Å². The number of carbonyl (C=O) groups is 1. The van der Waals surface area contributed by atoms with Crippen LogP contribution in [0, 0.1) is 5.95 Å². The van der Waals surface area contributed by atoms with Gasteiger partial charge in [0.1, 0.15) is 5.75 Å². The van der Waals surface area contributed by atoms with Crippen LogP contribution in [-0.4, -0.2) is 36.5 Å². The summed E-state index contributed by atoms with van der Waals surface area (Å²) in [5, 5.41) is 0.677. The number of benzene rings is 1. The monoisotopic (exact) mass is 320 g/mol. The summed E-state index contributed by atoms with van der Waals surface area (Å²) in [6.45, 7) is 2.81. The van der Waals surface area contributed by atoms with E-state index in [2.05, 4.69) is 11.9 Å². The minimum Gasteiger partial charge on any atom is -0.426 e. The van der Waals surface area contributed by atoms with Crippen LogP contribution in [0.2, 0.25) is 0 Å². The van der Waals surface area contributed by atoms with E-state index in [4.69, 9.17) is 4.74 Å². The van der Waals surface area contributed by atoms with Crippen LogP contribution in [0.15, 0.2) is 18.2 Å². The Morgan fingerprint density at radius 2 is 2.09 bits per heavy atom. The number of aromatic nitrogens is 1. The van der Waals surface area contributed by atoms with Gasteiger partial charge in [-0.3, -0.25) is 4.79 Å². The van der Waals surface area contributed by atoms with Crippen LogP contribution in [0.25, 0.3) is 10.9 Å². The lowest BCUT2D eigenvalue weighted by atomic mass is 10.1. The van der Waals surface area contributed by atoms with E-state index in [9.17, 15) is 9.18 Å². The van der Waals surface area contributed by atoms with E-state index in [1.165, 1.54) is 0 Å². The topological polar surface area (TPSA) is 45.3 Å². The average molecular weight is 320 g/mol. The number of carbonyl (C=O) groups excluding carboxylic acids is 1. The van der Waals surface area contributed by atoms with Gasteiger partial charge in [0.05, 0.1) is 5.52 Å². The number of aromatic amines is 1. The highest BCUT2D eigenvalue weighted by Gasteiger charge is 2.17. The van der Waals surface area contributed by atoms with Crippen molar-refractivity contribution in [3.05, 3.63) is 29.7 Å². The zero-order valence-corrected chi connectivity index (χ0v) is 14.1. The normalized spacial score (nSPS) is 11.3. The zero-order chi connectivity index (χ0) is 16.8. The number of esters is 1. The Bertz CT molecular complexity index is 664. The van der Waals surface area contributed by atoms with Crippen molar-refractivity contribution in [3.8, 4) is 5.75 Å². The predicted octanol–water partition coefficient (Wildman–Crippen LogP) is 3.90.